The van der Waals surface area contributed by atoms with Gasteiger partial charge in [-0.15, -0.1) is 0 Å². The van der Waals surface area contributed by atoms with Gasteiger partial charge in [0.15, 0.2) is 5.69 Å². The number of aromatic nitrogens is 2. The van der Waals surface area contributed by atoms with E-state index in [2.05, 4.69) is 15.6 Å². The first-order valence-electron chi connectivity index (χ1n) is 8.82. The fraction of sp³-hybridized carbons (Fsp3) is 0.0476. The number of halogens is 2. The molecule has 0 spiro atoms. The van der Waals surface area contributed by atoms with Crippen molar-refractivity contribution in [2.75, 3.05) is 0 Å². The van der Waals surface area contributed by atoms with Gasteiger partial charge >= 0.3 is 0 Å². The van der Waals surface area contributed by atoms with Crippen LogP contribution in [0.2, 0.25) is 5.02 Å². The second-order valence-electron chi connectivity index (χ2n) is 6.35. The summed E-state index contributed by atoms with van der Waals surface area (Å²) in [6.45, 7) is 0.184. The zero-order valence-corrected chi connectivity index (χ0v) is 16.1. The van der Waals surface area contributed by atoms with E-state index in [1.54, 1.807) is 36.5 Å². The van der Waals surface area contributed by atoms with Crippen LogP contribution in [0.5, 0.6) is 0 Å². The highest BCUT2D eigenvalue weighted by Gasteiger charge is 2.10. The monoisotopic (exact) mass is 424 g/mol. The average Bonchev–Trinajstić information content (AvgIpc) is 3.20. The summed E-state index contributed by atoms with van der Waals surface area (Å²) in [6, 6.07) is 12.5. The maximum absolute atomic E-state index is 13.7. The molecule has 1 amide bonds. The normalized spacial score (nSPS) is 11.3. The molecule has 0 bridgehead atoms. The predicted octanol–water partition coefficient (Wildman–Crippen LogP) is 3.59. The van der Waals surface area contributed by atoms with Crippen molar-refractivity contribution in [1.29, 1.82) is 0 Å². The standard InChI is InChI=1S/C21H14ClFN4O3/c22-15-5-6-19-16(9-15)20(28)14(12-30-19)10-24-25-21(29)18-7-8-27(26-18)11-13-3-1-2-4-17(13)23/h1-10,12H,11H2,(H,25,29). The summed E-state index contributed by atoms with van der Waals surface area (Å²) in [5, 5.41) is 8.61. The minimum absolute atomic E-state index is 0.0980. The molecule has 0 saturated carbocycles. The van der Waals surface area contributed by atoms with Crippen LogP contribution >= 0.6 is 11.6 Å². The molecule has 150 valence electrons. The van der Waals surface area contributed by atoms with Crippen molar-refractivity contribution in [2.45, 2.75) is 6.54 Å². The van der Waals surface area contributed by atoms with Crippen molar-refractivity contribution >= 4 is 34.7 Å². The third-order valence-corrected chi connectivity index (χ3v) is 4.53. The number of hydrazone groups is 1. The Morgan fingerprint density at radius 2 is 2.10 bits per heavy atom. The van der Waals surface area contributed by atoms with Crippen LogP contribution in [-0.2, 0) is 6.54 Å². The Kier molecular flexibility index (Phi) is 5.40. The number of nitrogens with zero attached hydrogens (tertiary/aromatic N) is 3. The van der Waals surface area contributed by atoms with E-state index >= 15 is 0 Å². The Balaban J connectivity index is 1.45. The lowest BCUT2D eigenvalue weighted by Crippen LogP contribution is -2.19. The SMILES string of the molecule is O=C(NN=Cc1coc2ccc(Cl)cc2c1=O)c1ccn(Cc2ccccc2F)n1. The second-order valence-corrected chi connectivity index (χ2v) is 6.79. The highest BCUT2D eigenvalue weighted by molar-refractivity contribution is 6.31. The summed E-state index contributed by atoms with van der Waals surface area (Å²) in [7, 11) is 0. The fourth-order valence-corrected chi connectivity index (χ4v) is 2.97. The quantitative estimate of drug-likeness (QED) is 0.391. The number of hydrogen-bond acceptors (Lipinski definition) is 5. The lowest BCUT2D eigenvalue weighted by Gasteiger charge is -2.03. The molecule has 0 aliphatic carbocycles. The number of carbonyl (C=O) groups excluding carboxylic acids is 1. The van der Waals surface area contributed by atoms with Gasteiger partial charge in [0.05, 0.1) is 23.7 Å². The molecule has 4 rings (SSSR count). The van der Waals surface area contributed by atoms with Gasteiger partial charge in [0.25, 0.3) is 5.91 Å². The summed E-state index contributed by atoms with van der Waals surface area (Å²) in [6.07, 6.45) is 3.99. The van der Waals surface area contributed by atoms with Crippen molar-refractivity contribution in [3.05, 3.63) is 98.9 Å². The van der Waals surface area contributed by atoms with E-state index in [1.807, 2.05) is 0 Å². The van der Waals surface area contributed by atoms with Crippen molar-refractivity contribution in [3.8, 4) is 0 Å². The fourth-order valence-electron chi connectivity index (χ4n) is 2.80. The Labute approximate surface area is 174 Å². The van der Waals surface area contributed by atoms with Crippen LogP contribution in [0.25, 0.3) is 11.0 Å². The van der Waals surface area contributed by atoms with Gasteiger partial charge in [-0.3, -0.25) is 14.3 Å². The van der Waals surface area contributed by atoms with Gasteiger partial charge in [-0.2, -0.15) is 10.2 Å². The van der Waals surface area contributed by atoms with E-state index < -0.39 is 5.91 Å². The molecule has 0 aliphatic rings. The first-order valence-corrected chi connectivity index (χ1v) is 9.20. The van der Waals surface area contributed by atoms with Gasteiger partial charge in [0.2, 0.25) is 5.43 Å². The van der Waals surface area contributed by atoms with E-state index in [0.29, 0.717) is 21.6 Å². The van der Waals surface area contributed by atoms with Crippen LogP contribution in [0.3, 0.4) is 0 Å². The summed E-state index contributed by atoms with van der Waals surface area (Å²) in [5.74, 6) is -0.925. The maximum Gasteiger partial charge on any atom is 0.291 e. The third-order valence-electron chi connectivity index (χ3n) is 4.29. The summed E-state index contributed by atoms with van der Waals surface area (Å²) >= 11 is 5.92. The lowest BCUT2D eigenvalue weighted by atomic mass is 10.2. The second kappa shape index (κ2) is 8.30. The Hall–Kier alpha value is -3.78. The van der Waals surface area contributed by atoms with Gasteiger partial charge < -0.3 is 4.42 Å². The van der Waals surface area contributed by atoms with E-state index in [4.69, 9.17) is 16.0 Å². The lowest BCUT2D eigenvalue weighted by molar-refractivity contribution is 0.0949. The van der Waals surface area contributed by atoms with Crippen molar-refractivity contribution < 1.29 is 13.6 Å². The van der Waals surface area contributed by atoms with Crippen LogP contribution in [0.1, 0.15) is 21.6 Å². The van der Waals surface area contributed by atoms with E-state index in [0.717, 1.165) is 0 Å². The van der Waals surface area contributed by atoms with Crippen molar-refractivity contribution in [2.24, 2.45) is 5.10 Å². The highest BCUT2D eigenvalue weighted by atomic mass is 35.5. The molecule has 0 saturated heterocycles. The molecule has 0 radical (unpaired) electrons. The molecule has 0 aliphatic heterocycles. The molecule has 30 heavy (non-hydrogen) atoms. The van der Waals surface area contributed by atoms with Crippen molar-refractivity contribution in [1.82, 2.24) is 15.2 Å². The smallest absolute Gasteiger partial charge is 0.291 e. The van der Waals surface area contributed by atoms with Gasteiger partial charge in [0, 0.05) is 16.8 Å². The minimum Gasteiger partial charge on any atom is -0.463 e. The van der Waals surface area contributed by atoms with Crippen LogP contribution in [0.15, 0.2) is 75.3 Å². The van der Waals surface area contributed by atoms with Crippen molar-refractivity contribution in [3.63, 3.8) is 0 Å². The largest absolute Gasteiger partial charge is 0.463 e. The molecule has 1 N–H and O–H groups in total. The molecule has 2 heterocycles. The molecular weight excluding hydrogens is 411 g/mol. The van der Waals surface area contributed by atoms with Gasteiger partial charge in [0.1, 0.15) is 17.7 Å². The summed E-state index contributed by atoms with van der Waals surface area (Å²) in [4.78, 5) is 24.7. The maximum atomic E-state index is 13.7. The number of carbonyl (C=O) groups is 1. The molecule has 2 aromatic heterocycles. The molecule has 0 unspecified atom stereocenters. The topological polar surface area (TPSA) is 89.5 Å². The Bertz CT molecular complexity index is 1330. The predicted molar refractivity (Wildman–Crippen MR) is 110 cm³/mol. The molecule has 2 aromatic carbocycles. The van der Waals surface area contributed by atoms with Crippen LogP contribution in [0.4, 0.5) is 4.39 Å². The van der Waals surface area contributed by atoms with Gasteiger partial charge in [-0.25, -0.2) is 9.82 Å². The Morgan fingerprint density at radius 3 is 2.93 bits per heavy atom. The number of amides is 1. The highest BCUT2D eigenvalue weighted by Crippen LogP contribution is 2.16. The molecule has 4 aromatic rings. The first kappa shape index (κ1) is 19.5. The number of benzene rings is 2. The van der Waals surface area contributed by atoms with Crippen LogP contribution in [-0.4, -0.2) is 21.9 Å². The van der Waals surface area contributed by atoms with Gasteiger partial charge in [-0.05, 0) is 30.3 Å². The Morgan fingerprint density at radius 1 is 1.27 bits per heavy atom. The molecule has 0 fully saturated rings. The minimum atomic E-state index is -0.577. The molecule has 0 atom stereocenters. The third kappa shape index (κ3) is 4.13. The molecular formula is C21H14ClFN4O3. The number of rotatable bonds is 5. The zero-order chi connectivity index (χ0) is 21.1. The molecule has 9 heteroatoms. The summed E-state index contributed by atoms with van der Waals surface area (Å²) < 4.78 is 20.6. The average molecular weight is 425 g/mol. The van der Waals surface area contributed by atoms with Crippen LogP contribution in [0, 0.1) is 5.82 Å². The number of fused-ring (bicyclic) bond motifs is 1. The van der Waals surface area contributed by atoms with Crippen LogP contribution < -0.4 is 10.9 Å². The number of hydrogen-bond donors (Lipinski definition) is 1. The molecule has 7 nitrogen and oxygen atoms in total. The van der Waals surface area contributed by atoms with E-state index in [1.165, 1.54) is 35.4 Å². The van der Waals surface area contributed by atoms with E-state index in [9.17, 15) is 14.0 Å². The van der Waals surface area contributed by atoms with Gasteiger partial charge in [-0.1, -0.05) is 29.8 Å². The van der Waals surface area contributed by atoms with E-state index in [-0.39, 0.29) is 29.0 Å². The first-order chi connectivity index (χ1) is 14.5. The summed E-state index contributed by atoms with van der Waals surface area (Å²) in [5.41, 5.74) is 3.06. The number of nitrogens with one attached hydrogen (secondary N) is 1. The zero-order valence-electron chi connectivity index (χ0n) is 15.4.